The zero-order valence-electron chi connectivity index (χ0n) is 9.25. The van der Waals surface area contributed by atoms with Crippen LogP contribution in [0.3, 0.4) is 0 Å². The molecule has 0 radical (unpaired) electrons. The van der Waals surface area contributed by atoms with E-state index < -0.39 is 0 Å². The highest BCUT2D eigenvalue weighted by Gasteiger charge is 2.08. The second-order valence-corrected chi connectivity index (χ2v) is 4.96. The van der Waals surface area contributed by atoms with Gasteiger partial charge in [-0.05, 0) is 6.07 Å². The van der Waals surface area contributed by atoms with E-state index in [1.807, 2.05) is 17.0 Å². The molecule has 2 heterocycles. The monoisotopic (exact) mass is 268 g/mol. The van der Waals surface area contributed by atoms with E-state index in [-0.39, 0.29) is 5.91 Å². The minimum atomic E-state index is -0.0718. The van der Waals surface area contributed by atoms with Crippen LogP contribution in [0.25, 0.3) is 0 Å². The quantitative estimate of drug-likeness (QED) is 0.817. The summed E-state index contributed by atoms with van der Waals surface area (Å²) in [5, 5.41) is 12.4. The minimum Gasteiger partial charge on any atom is -0.351 e. The number of nitrogens with zero attached hydrogens (tertiary/aromatic N) is 3. The first-order valence-electron chi connectivity index (χ1n) is 5.05. The Labute approximate surface area is 108 Å². The molecule has 0 aromatic carbocycles. The van der Waals surface area contributed by atoms with Crippen molar-refractivity contribution in [3.05, 3.63) is 28.5 Å². The molecule has 2 aromatic heterocycles. The molecule has 0 aliphatic carbocycles. The zero-order valence-corrected chi connectivity index (χ0v) is 11.0. The number of aryl methyl sites for hydroxylation is 1. The summed E-state index contributed by atoms with van der Waals surface area (Å²) in [6, 6.07) is 1.76. The van der Waals surface area contributed by atoms with Gasteiger partial charge in [0.2, 0.25) is 0 Å². The third-order valence-corrected chi connectivity index (χ3v) is 3.61. The second kappa shape index (κ2) is 5.33. The summed E-state index contributed by atoms with van der Waals surface area (Å²) >= 11 is 5.55. The SMILES string of the molecule is Cn1cnnc1CCNC(=O)c1cc(S)cs1. The summed E-state index contributed by atoms with van der Waals surface area (Å²) in [6.45, 7) is 0.547. The molecule has 5 nitrogen and oxygen atoms in total. The van der Waals surface area contributed by atoms with Gasteiger partial charge in [0.1, 0.15) is 12.2 Å². The first kappa shape index (κ1) is 12.1. The van der Waals surface area contributed by atoms with Gasteiger partial charge in [-0.1, -0.05) is 0 Å². The van der Waals surface area contributed by atoms with Crippen LogP contribution < -0.4 is 5.32 Å². The Bertz CT molecular complexity index is 520. The van der Waals surface area contributed by atoms with Crippen LogP contribution in [0.1, 0.15) is 15.5 Å². The first-order valence-corrected chi connectivity index (χ1v) is 6.38. The Kier molecular flexibility index (Phi) is 3.80. The number of rotatable bonds is 4. The molecule has 1 N–H and O–H groups in total. The zero-order chi connectivity index (χ0) is 12.3. The van der Waals surface area contributed by atoms with Gasteiger partial charge in [-0.2, -0.15) is 0 Å². The molecule has 17 heavy (non-hydrogen) atoms. The van der Waals surface area contributed by atoms with Crippen LogP contribution in [-0.2, 0) is 13.5 Å². The largest absolute Gasteiger partial charge is 0.351 e. The molecule has 0 atom stereocenters. The maximum atomic E-state index is 11.7. The molecule has 0 fully saturated rings. The molecule has 7 heteroatoms. The predicted molar refractivity (Wildman–Crippen MR) is 68.6 cm³/mol. The van der Waals surface area contributed by atoms with Crippen LogP contribution in [0.5, 0.6) is 0 Å². The summed E-state index contributed by atoms with van der Waals surface area (Å²) in [5.41, 5.74) is 0. The van der Waals surface area contributed by atoms with Crippen LogP contribution >= 0.6 is 24.0 Å². The van der Waals surface area contributed by atoms with Crippen LogP contribution in [0, 0.1) is 0 Å². The Morgan fingerprint density at radius 2 is 2.47 bits per heavy atom. The Hall–Kier alpha value is -1.34. The lowest BCUT2D eigenvalue weighted by molar-refractivity contribution is 0.0958. The van der Waals surface area contributed by atoms with Crippen molar-refractivity contribution in [3.8, 4) is 0 Å². The molecule has 0 bridgehead atoms. The molecule has 90 valence electrons. The molecule has 0 spiro atoms. The number of aromatic nitrogens is 3. The summed E-state index contributed by atoms with van der Waals surface area (Å²) in [5.74, 6) is 0.781. The van der Waals surface area contributed by atoms with Crippen LogP contribution in [0.2, 0.25) is 0 Å². The van der Waals surface area contributed by atoms with Crippen molar-refractivity contribution in [1.82, 2.24) is 20.1 Å². The lowest BCUT2D eigenvalue weighted by Gasteiger charge is -2.02. The third kappa shape index (κ3) is 3.07. The number of amides is 1. The standard InChI is InChI=1S/C10H12N4OS2/c1-14-6-12-13-9(14)2-3-11-10(15)8-4-7(16)5-17-8/h4-6,16H,2-3H2,1H3,(H,11,15). The fraction of sp³-hybridized carbons (Fsp3) is 0.300. The number of hydrogen-bond donors (Lipinski definition) is 2. The van der Waals surface area contributed by atoms with Crippen LogP contribution in [0.15, 0.2) is 22.7 Å². The van der Waals surface area contributed by atoms with E-state index in [0.29, 0.717) is 17.8 Å². The van der Waals surface area contributed by atoms with Crippen molar-refractivity contribution in [1.29, 1.82) is 0 Å². The minimum absolute atomic E-state index is 0.0718. The van der Waals surface area contributed by atoms with E-state index in [4.69, 9.17) is 0 Å². The average molecular weight is 268 g/mol. The Morgan fingerprint density at radius 1 is 1.65 bits per heavy atom. The third-order valence-electron chi connectivity index (χ3n) is 2.25. The fourth-order valence-electron chi connectivity index (χ4n) is 1.35. The number of carbonyl (C=O) groups excluding carboxylic acids is 1. The van der Waals surface area contributed by atoms with E-state index in [2.05, 4.69) is 28.1 Å². The number of hydrogen-bond acceptors (Lipinski definition) is 5. The highest BCUT2D eigenvalue weighted by molar-refractivity contribution is 7.80. The molecule has 2 aromatic rings. The first-order chi connectivity index (χ1) is 8.16. The average Bonchev–Trinajstić information content (AvgIpc) is 2.88. The van der Waals surface area contributed by atoms with E-state index >= 15 is 0 Å². The number of nitrogens with one attached hydrogen (secondary N) is 1. The molecule has 1 amide bonds. The van der Waals surface area contributed by atoms with Crippen molar-refractivity contribution in [2.75, 3.05) is 6.54 Å². The molecule has 0 saturated heterocycles. The maximum absolute atomic E-state index is 11.7. The van der Waals surface area contributed by atoms with Gasteiger partial charge in [-0.15, -0.1) is 34.2 Å². The molecular formula is C10H12N4OS2. The van der Waals surface area contributed by atoms with Gasteiger partial charge in [0.05, 0.1) is 4.88 Å². The van der Waals surface area contributed by atoms with Crippen LogP contribution in [0.4, 0.5) is 0 Å². The van der Waals surface area contributed by atoms with E-state index in [1.54, 1.807) is 12.4 Å². The van der Waals surface area contributed by atoms with Gasteiger partial charge in [0, 0.05) is 30.3 Å². The number of thiophene rings is 1. The van der Waals surface area contributed by atoms with Crippen molar-refractivity contribution < 1.29 is 4.79 Å². The summed E-state index contributed by atoms with van der Waals surface area (Å²) in [6.07, 6.45) is 2.31. The molecule has 2 rings (SSSR count). The highest BCUT2D eigenvalue weighted by atomic mass is 32.1. The van der Waals surface area contributed by atoms with Gasteiger partial charge >= 0.3 is 0 Å². The van der Waals surface area contributed by atoms with Gasteiger partial charge in [0.15, 0.2) is 0 Å². The van der Waals surface area contributed by atoms with Crippen molar-refractivity contribution in [2.45, 2.75) is 11.3 Å². The van der Waals surface area contributed by atoms with Crippen LogP contribution in [-0.4, -0.2) is 27.2 Å². The summed E-state index contributed by atoms with van der Waals surface area (Å²) < 4.78 is 1.84. The normalized spacial score (nSPS) is 10.5. The highest BCUT2D eigenvalue weighted by Crippen LogP contribution is 2.17. The van der Waals surface area contributed by atoms with E-state index in [1.165, 1.54) is 11.3 Å². The molecule has 0 unspecified atom stereocenters. The van der Waals surface area contributed by atoms with E-state index in [9.17, 15) is 4.79 Å². The Balaban J connectivity index is 1.83. The van der Waals surface area contributed by atoms with Crippen molar-refractivity contribution >= 4 is 29.9 Å². The fourth-order valence-corrected chi connectivity index (χ4v) is 2.42. The lowest BCUT2D eigenvalue weighted by Crippen LogP contribution is -2.25. The lowest BCUT2D eigenvalue weighted by atomic mass is 10.3. The number of thiol groups is 1. The molecule has 0 aliphatic rings. The van der Waals surface area contributed by atoms with E-state index in [0.717, 1.165) is 10.7 Å². The van der Waals surface area contributed by atoms with Gasteiger partial charge < -0.3 is 9.88 Å². The molecular weight excluding hydrogens is 256 g/mol. The maximum Gasteiger partial charge on any atom is 0.261 e. The topological polar surface area (TPSA) is 59.8 Å². The number of carbonyl (C=O) groups is 1. The second-order valence-electron chi connectivity index (χ2n) is 3.53. The predicted octanol–water partition coefficient (Wildman–Crippen LogP) is 1.14. The van der Waals surface area contributed by atoms with Gasteiger partial charge in [0.25, 0.3) is 5.91 Å². The molecule has 0 aliphatic heterocycles. The molecule has 0 saturated carbocycles. The van der Waals surface area contributed by atoms with Gasteiger partial charge in [-0.25, -0.2) is 0 Å². The van der Waals surface area contributed by atoms with Crippen molar-refractivity contribution in [3.63, 3.8) is 0 Å². The van der Waals surface area contributed by atoms with Crippen molar-refractivity contribution in [2.24, 2.45) is 7.05 Å². The summed E-state index contributed by atoms with van der Waals surface area (Å²) in [7, 11) is 1.88. The summed E-state index contributed by atoms with van der Waals surface area (Å²) in [4.78, 5) is 13.2. The Morgan fingerprint density at radius 3 is 3.06 bits per heavy atom. The van der Waals surface area contributed by atoms with Gasteiger partial charge in [-0.3, -0.25) is 4.79 Å². The smallest absolute Gasteiger partial charge is 0.261 e.